The van der Waals surface area contributed by atoms with Gasteiger partial charge >= 0.3 is 0 Å². The van der Waals surface area contributed by atoms with Gasteiger partial charge in [0.15, 0.2) is 10.3 Å². The second-order valence-corrected chi connectivity index (χ2v) is 41.8. The first kappa shape index (κ1) is 92.6. The summed E-state index contributed by atoms with van der Waals surface area (Å²) in [5.74, 6) is 1.01. The Labute approximate surface area is 830 Å². The molecule has 0 amide bonds. The second kappa shape index (κ2) is 45.0. The number of alkyl halides is 1. The van der Waals surface area contributed by atoms with Crippen LogP contribution < -0.4 is 104 Å². The van der Waals surface area contributed by atoms with Crippen LogP contribution in [0.2, 0.25) is 0 Å². The van der Waals surface area contributed by atoms with Crippen molar-refractivity contribution in [2.45, 2.75) is 44.5 Å². The molecule has 1 aromatic heterocycles. The van der Waals surface area contributed by atoms with Crippen molar-refractivity contribution in [3.05, 3.63) is 511 Å². The summed E-state index contributed by atoms with van der Waals surface area (Å²) in [6.45, 7) is 2.95. The third-order valence-electron chi connectivity index (χ3n) is 24.1. The Bertz CT molecular complexity index is 6410. The van der Waals surface area contributed by atoms with Crippen molar-refractivity contribution in [2.24, 2.45) is 0 Å². The van der Waals surface area contributed by atoms with Gasteiger partial charge in [-0.25, -0.2) is 0 Å². The Balaban J connectivity index is 0.000000163. The zero-order chi connectivity index (χ0) is 84.4. The van der Waals surface area contributed by atoms with Gasteiger partial charge in [-0.05, 0) is 187 Å². The zero-order valence-electron chi connectivity index (χ0n) is 71.2. The molecular formula is C116H99I4N4P2S2-. The van der Waals surface area contributed by atoms with Crippen molar-refractivity contribution in [2.75, 3.05) is 22.5 Å². The van der Waals surface area contributed by atoms with Gasteiger partial charge in [0.2, 0.25) is 0 Å². The quantitative estimate of drug-likeness (QED) is 0.0177. The molecule has 0 bridgehead atoms. The Kier molecular flexibility index (Phi) is 32.5. The number of nitrogens with zero attached hydrogens (tertiary/aromatic N) is 4. The van der Waals surface area contributed by atoms with Gasteiger partial charge in [0.1, 0.15) is 46.4 Å². The number of benzene rings is 18. The maximum atomic E-state index is 6.32. The first-order chi connectivity index (χ1) is 61.9. The molecule has 0 saturated carbocycles. The van der Waals surface area contributed by atoms with E-state index in [1.807, 2.05) is 0 Å². The lowest BCUT2D eigenvalue weighted by Crippen LogP contribution is -3.00. The van der Waals surface area contributed by atoms with Crippen LogP contribution in [0.15, 0.2) is 473 Å². The summed E-state index contributed by atoms with van der Waals surface area (Å²) in [6.07, 6.45) is 4.63. The summed E-state index contributed by atoms with van der Waals surface area (Å²) in [4.78, 5) is 5.42. The molecule has 0 saturated heterocycles. The highest BCUT2D eigenvalue weighted by Gasteiger charge is 2.47. The van der Waals surface area contributed by atoms with Gasteiger partial charge in [-0.1, -0.05) is 399 Å². The Morgan fingerprint density at radius 2 is 0.477 bits per heavy atom. The standard InChI is InChI=1S/C58H50N2PS.C37H28N2S.C21H21IP.3HI/c1-6-23-49(24-7-1)56-57(50-25-8-2-9-26-50)60(44-46-36-38-48-22-17-19-28-52(48)42-46)58(59(56)43-45-35-37-47-21-16-18-27-51(47)41-45)62-40-20-39-61(53-29-10-3-11-30-53,54-31-12-4-13-32-54)55-33-14-5-15-34-55;40-37-38(25-27-19-21-29-11-7-9-17-33(29)23-27)35(31-13-3-1-4-14-31)36(32-15-5-2-6-16-32)39(37)26-28-20-22-30-12-8-10-18-34(30)24-28;22-17-10-18-23(19-11-4-1-5-12-19,20-13-6-2-7-14-20)21-15-8-3-9-16-21;;;/h1-19,21-38,41-42,58H,20,39-40,43-44H2;1-24H,25-26H2;1-9,11-16H,10,17-18H2;3*1H/q+1;;+1;;;/p-3. The Morgan fingerprint density at radius 1 is 0.250 bits per heavy atom. The molecule has 20 rings (SSSR count). The summed E-state index contributed by atoms with van der Waals surface area (Å²) in [6, 6.07) is 173. The fourth-order valence-corrected chi connectivity index (χ4v) is 29.7. The fraction of sp³-hybridized carbons (Fsp3) is 0.0948. The molecule has 1 aliphatic heterocycles. The van der Waals surface area contributed by atoms with E-state index >= 15 is 0 Å². The normalized spacial score (nSPS) is 12.0. The van der Waals surface area contributed by atoms with E-state index in [2.05, 4.69) is 526 Å². The van der Waals surface area contributed by atoms with E-state index in [-0.39, 0.29) is 77.4 Å². The van der Waals surface area contributed by atoms with Gasteiger partial charge in [-0.3, -0.25) is 0 Å². The number of imidazole rings is 1. The third-order valence-corrected chi connectivity index (χ3v) is 35.7. The number of fused-ring (bicyclic) bond motifs is 4. The topological polar surface area (TPSA) is 16.3 Å². The van der Waals surface area contributed by atoms with E-state index < -0.39 is 14.5 Å². The molecule has 0 spiro atoms. The SMILES string of the molecule is ICCC[P+](c1ccccc1)(c1ccccc1)c1ccccc1.S=c1n(Cc2ccc3ccccc3c2)c(-c2ccccc2)c(-c2ccccc2)n1Cc1ccc2ccccc2c1.[I-].[I-].[I-].c1ccc(C2=C(c3ccccc3)N(Cc3ccc4ccccc4c3)C(SCCC[P+](c3ccccc3)(c3ccccc3)c3ccccc3)N2Cc2ccc3ccccc3c2)cc1. The summed E-state index contributed by atoms with van der Waals surface area (Å²) in [5, 5.41) is 18.9. The lowest BCUT2D eigenvalue weighted by molar-refractivity contribution is -0.00100. The highest BCUT2D eigenvalue weighted by Crippen LogP contribution is 2.58. The van der Waals surface area contributed by atoms with E-state index in [1.165, 1.54) is 137 Å². The number of hydrogen-bond acceptors (Lipinski definition) is 4. The lowest BCUT2D eigenvalue weighted by atomic mass is 10.0. The second-order valence-electron chi connectivity index (χ2n) is 32.0. The molecule has 0 N–H and O–H groups in total. The number of hydrogen-bond donors (Lipinski definition) is 0. The van der Waals surface area contributed by atoms with Crippen LogP contribution in [0.5, 0.6) is 0 Å². The van der Waals surface area contributed by atoms with Crippen LogP contribution >= 0.6 is 61.1 Å². The van der Waals surface area contributed by atoms with Crippen LogP contribution in [0, 0.1) is 4.77 Å². The molecular weight excluding hydrogens is 2080 g/mol. The Hall–Kier alpha value is -10.1. The molecule has 0 radical (unpaired) electrons. The smallest absolute Gasteiger partial charge is 0.181 e. The van der Waals surface area contributed by atoms with Crippen LogP contribution in [-0.2, 0) is 26.2 Å². The summed E-state index contributed by atoms with van der Waals surface area (Å²) in [7, 11) is -3.55. The molecule has 4 nitrogen and oxygen atoms in total. The van der Waals surface area contributed by atoms with Crippen molar-refractivity contribution < 1.29 is 71.9 Å². The first-order valence-corrected chi connectivity index (χ1v) is 50.3. The first-order valence-electron chi connectivity index (χ1n) is 43.4. The summed E-state index contributed by atoms with van der Waals surface area (Å²) in [5.41, 5.74) is 14.8. The molecule has 634 valence electrons. The molecule has 0 fully saturated rings. The van der Waals surface area contributed by atoms with Crippen LogP contribution in [0.4, 0.5) is 0 Å². The number of thioether (sulfide) groups is 1. The molecule has 1 aliphatic rings. The van der Waals surface area contributed by atoms with E-state index in [9.17, 15) is 0 Å². The van der Waals surface area contributed by atoms with Gasteiger partial charge in [0.05, 0.1) is 48.2 Å². The van der Waals surface area contributed by atoms with Gasteiger partial charge in [0.25, 0.3) is 0 Å². The fourth-order valence-electron chi connectivity index (χ4n) is 18.3. The molecule has 0 atom stereocenters. The molecule has 2 heterocycles. The minimum Gasteiger partial charge on any atom is -1.00 e. The van der Waals surface area contributed by atoms with Crippen molar-refractivity contribution in [1.29, 1.82) is 0 Å². The van der Waals surface area contributed by atoms with Gasteiger partial charge in [-0.2, -0.15) is 0 Å². The van der Waals surface area contributed by atoms with E-state index in [1.54, 1.807) is 0 Å². The summed E-state index contributed by atoms with van der Waals surface area (Å²) < 4.78 is 6.65. The largest absolute Gasteiger partial charge is 1.00 e. The monoisotopic (exact) mass is 2180 g/mol. The summed E-state index contributed by atoms with van der Waals surface area (Å²) >= 11 is 10.9. The van der Waals surface area contributed by atoms with E-state index in [4.69, 9.17) is 12.2 Å². The molecule has 18 aromatic carbocycles. The van der Waals surface area contributed by atoms with Crippen LogP contribution in [0.3, 0.4) is 0 Å². The minimum absolute atomic E-state index is 0. The highest BCUT2D eigenvalue weighted by atomic mass is 127. The molecule has 12 heteroatoms. The molecule has 128 heavy (non-hydrogen) atoms. The molecule has 19 aromatic rings. The number of rotatable bonds is 26. The minimum atomic E-state index is -1.97. The van der Waals surface area contributed by atoms with E-state index in [0.29, 0.717) is 13.1 Å². The van der Waals surface area contributed by atoms with Gasteiger partial charge in [0, 0.05) is 45.5 Å². The highest BCUT2D eigenvalue weighted by molar-refractivity contribution is 14.1. The predicted octanol–water partition coefficient (Wildman–Crippen LogP) is 18.8. The van der Waals surface area contributed by atoms with Crippen LogP contribution in [-0.4, -0.2) is 46.9 Å². The van der Waals surface area contributed by atoms with Crippen molar-refractivity contribution in [3.63, 3.8) is 0 Å². The van der Waals surface area contributed by atoms with Gasteiger partial charge in [-0.15, -0.1) is 11.8 Å². The average Bonchev–Trinajstić information content (AvgIpc) is 1.63. The predicted molar refractivity (Wildman–Crippen MR) is 553 cm³/mol. The zero-order valence-corrected chi connectivity index (χ0v) is 83.2. The Morgan fingerprint density at radius 3 is 0.742 bits per heavy atom. The molecule has 0 aliphatic carbocycles. The maximum absolute atomic E-state index is 6.32. The van der Waals surface area contributed by atoms with E-state index in [0.717, 1.165) is 58.7 Å². The van der Waals surface area contributed by atoms with Gasteiger partial charge < -0.3 is 90.9 Å². The van der Waals surface area contributed by atoms with Crippen molar-refractivity contribution in [3.8, 4) is 22.5 Å². The maximum Gasteiger partial charge on any atom is 0.181 e. The lowest BCUT2D eigenvalue weighted by Gasteiger charge is -2.35. The molecule has 0 unspecified atom stereocenters. The van der Waals surface area contributed by atoms with Crippen molar-refractivity contribution in [1.82, 2.24) is 18.9 Å². The third kappa shape index (κ3) is 20.8. The average molecular weight is 2180 g/mol. The van der Waals surface area contributed by atoms with Crippen molar-refractivity contribution >= 4 is 147 Å². The van der Waals surface area contributed by atoms with Crippen LogP contribution in [0.1, 0.15) is 46.2 Å². The number of aromatic nitrogens is 2. The van der Waals surface area contributed by atoms with Crippen LogP contribution in [0.25, 0.3) is 77.0 Å². The number of halogens is 4.